The summed E-state index contributed by atoms with van der Waals surface area (Å²) in [5.41, 5.74) is 5.49. The molecule has 114 valence electrons. The fourth-order valence-corrected chi connectivity index (χ4v) is 1.60. The molecule has 1 rings (SSSR count). The molecule has 0 aliphatic rings. The van der Waals surface area contributed by atoms with E-state index in [1.54, 1.807) is 44.4 Å². The van der Waals surface area contributed by atoms with Crippen LogP contribution in [-0.4, -0.2) is 43.4 Å². The number of nitrogens with two attached hydrogens (primary N) is 1. The normalized spacial score (nSPS) is 11.3. The lowest BCUT2D eigenvalue weighted by molar-refractivity contribution is -0.159. The summed E-state index contributed by atoms with van der Waals surface area (Å²) in [6.45, 7) is 0.0613. The molecule has 7 nitrogen and oxygen atoms in total. The van der Waals surface area contributed by atoms with Crippen molar-refractivity contribution in [1.29, 1.82) is 0 Å². The molecular weight excluding hydrogens is 274 g/mol. The largest absolute Gasteiger partial charge is 0.447 e. The molecule has 0 spiro atoms. The number of rotatable bonds is 6. The maximum Gasteiger partial charge on any atom is 0.312 e. The second-order valence-electron chi connectivity index (χ2n) is 4.55. The smallest absolute Gasteiger partial charge is 0.312 e. The predicted octanol–water partition coefficient (Wildman–Crippen LogP) is 0.418. The van der Waals surface area contributed by atoms with E-state index < -0.39 is 18.1 Å². The summed E-state index contributed by atoms with van der Waals surface area (Å²) in [4.78, 5) is 35.7. The Bertz CT molecular complexity index is 502. The van der Waals surface area contributed by atoms with E-state index in [-0.39, 0.29) is 18.9 Å². The molecule has 0 saturated heterocycles. The average molecular weight is 293 g/mol. The van der Waals surface area contributed by atoms with Crippen LogP contribution in [-0.2, 0) is 14.3 Å². The number of nitrogens with zero attached hydrogens (tertiary/aromatic N) is 1. The first kappa shape index (κ1) is 16.5. The van der Waals surface area contributed by atoms with Crippen LogP contribution in [0.2, 0.25) is 0 Å². The maximum absolute atomic E-state index is 12.1. The van der Waals surface area contributed by atoms with Crippen molar-refractivity contribution in [3.8, 4) is 0 Å². The van der Waals surface area contributed by atoms with Crippen LogP contribution in [0.3, 0.4) is 0 Å². The van der Waals surface area contributed by atoms with Gasteiger partial charge in [0.05, 0.1) is 6.42 Å². The van der Waals surface area contributed by atoms with Gasteiger partial charge >= 0.3 is 12.0 Å². The highest BCUT2D eigenvalue weighted by Gasteiger charge is 2.26. The number of nitrogens with one attached hydrogen (secondary N) is 1. The Labute approximate surface area is 123 Å². The van der Waals surface area contributed by atoms with E-state index in [0.29, 0.717) is 5.56 Å². The summed E-state index contributed by atoms with van der Waals surface area (Å²) in [6, 6.07) is 8.02. The number of benzene rings is 1. The first-order valence-electron chi connectivity index (χ1n) is 6.40. The number of hydrogen-bond acceptors (Lipinski definition) is 4. The van der Waals surface area contributed by atoms with Gasteiger partial charge in [0.1, 0.15) is 0 Å². The van der Waals surface area contributed by atoms with Crippen LogP contribution in [0.4, 0.5) is 4.79 Å². The van der Waals surface area contributed by atoms with E-state index in [2.05, 4.69) is 5.32 Å². The second kappa shape index (κ2) is 7.88. The molecule has 7 heteroatoms. The zero-order valence-electron chi connectivity index (χ0n) is 12.0. The van der Waals surface area contributed by atoms with Crippen molar-refractivity contribution in [2.45, 2.75) is 12.5 Å². The number of urea groups is 1. The maximum atomic E-state index is 12.1. The molecule has 0 aromatic heterocycles. The second-order valence-corrected chi connectivity index (χ2v) is 4.55. The number of amides is 3. The highest BCUT2D eigenvalue weighted by molar-refractivity contribution is 5.84. The summed E-state index contributed by atoms with van der Waals surface area (Å²) >= 11 is 0. The van der Waals surface area contributed by atoms with Crippen LogP contribution < -0.4 is 11.1 Å². The van der Waals surface area contributed by atoms with Gasteiger partial charge in [-0.1, -0.05) is 30.3 Å². The summed E-state index contributed by atoms with van der Waals surface area (Å²) in [7, 11) is 3.17. The Morgan fingerprint density at radius 2 is 1.86 bits per heavy atom. The van der Waals surface area contributed by atoms with Crippen molar-refractivity contribution >= 4 is 17.9 Å². The minimum atomic E-state index is -0.998. The van der Waals surface area contributed by atoms with Gasteiger partial charge < -0.3 is 20.7 Å². The van der Waals surface area contributed by atoms with Gasteiger partial charge in [-0.2, -0.15) is 0 Å². The lowest BCUT2D eigenvalue weighted by Crippen LogP contribution is -2.33. The van der Waals surface area contributed by atoms with E-state index in [0.717, 1.165) is 0 Å². The van der Waals surface area contributed by atoms with Gasteiger partial charge in [-0.05, 0) is 0 Å². The highest BCUT2D eigenvalue weighted by Crippen LogP contribution is 2.19. The minimum Gasteiger partial charge on any atom is -0.447 e. The van der Waals surface area contributed by atoms with E-state index in [9.17, 15) is 14.4 Å². The third-order valence-electron chi connectivity index (χ3n) is 2.65. The molecule has 3 amide bonds. The van der Waals surface area contributed by atoms with Gasteiger partial charge in [0.2, 0.25) is 6.10 Å². The first-order valence-corrected chi connectivity index (χ1v) is 6.40. The zero-order valence-corrected chi connectivity index (χ0v) is 12.0. The Kier molecular flexibility index (Phi) is 6.19. The SMILES string of the molecule is CN(C)C(=O)[C@H](OC(=O)CCNC(N)=O)c1ccccc1. The van der Waals surface area contributed by atoms with Crippen LogP contribution >= 0.6 is 0 Å². The van der Waals surface area contributed by atoms with Crippen LogP contribution in [0, 0.1) is 0 Å². The molecule has 0 saturated carbocycles. The van der Waals surface area contributed by atoms with Crippen molar-refractivity contribution in [2.75, 3.05) is 20.6 Å². The fourth-order valence-electron chi connectivity index (χ4n) is 1.60. The average Bonchev–Trinajstić information content (AvgIpc) is 2.44. The Morgan fingerprint density at radius 1 is 1.24 bits per heavy atom. The number of hydrogen-bond donors (Lipinski definition) is 2. The monoisotopic (exact) mass is 293 g/mol. The summed E-state index contributed by atoms with van der Waals surface area (Å²) in [5, 5.41) is 2.28. The van der Waals surface area contributed by atoms with E-state index in [4.69, 9.17) is 10.5 Å². The topological polar surface area (TPSA) is 102 Å². The number of ether oxygens (including phenoxy) is 1. The molecule has 1 aromatic rings. The fraction of sp³-hybridized carbons (Fsp3) is 0.357. The van der Waals surface area contributed by atoms with E-state index in [1.807, 2.05) is 0 Å². The summed E-state index contributed by atoms with van der Waals surface area (Å²) < 4.78 is 5.22. The van der Waals surface area contributed by atoms with Crippen molar-refractivity contribution in [1.82, 2.24) is 10.2 Å². The van der Waals surface area contributed by atoms with Crippen molar-refractivity contribution < 1.29 is 19.1 Å². The number of carbonyl (C=O) groups excluding carboxylic acids is 3. The molecule has 1 atom stereocenters. The Balaban J connectivity index is 2.72. The molecule has 0 unspecified atom stereocenters. The van der Waals surface area contributed by atoms with Gasteiger partial charge in [-0.3, -0.25) is 9.59 Å². The Hall–Kier alpha value is -2.57. The number of esters is 1. The molecular formula is C14H19N3O4. The highest BCUT2D eigenvalue weighted by atomic mass is 16.5. The molecule has 0 heterocycles. The minimum absolute atomic E-state index is 0.0613. The van der Waals surface area contributed by atoms with Gasteiger partial charge in [0, 0.05) is 26.2 Å². The lowest BCUT2D eigenvalue weighted by atomic mass is 10.1. The molecule has 1 aromatic carbocycles. The molecule has 0 aliphatic carbocycles. The van der Waals surface area contributed by atoms with Crippen LogP contribution in [0.1, 0.15) is 18.1 Å². The quantitative estimate of drug-likeness (QED) is 0.742. The van der Waals surface area contributed by atoms with Gasteiger partial charge in [0.15, 0.2) is 0 Å². The zero-order chi connectivity index (χ0) is 15.8. The molecule has 0 radical (unpaired) electrons. The van der Waals surface area contributed by atoms with Crippen LogP contribution in [0.25, 0.3) is 0 Å². The molecule has 21 heavy (non-hydrogen) atoms. The van der Waals surface area contributed by atoms with Crippen LogP contribution in [0.5, 0.6) is 0 Å². The summed E-state index contributed by atoms with van der Waals surface area (Å²) in [5.74, 6) is -0.926. The predicted molar refractivity (Wildman–Crippen MR) is 76.2 cm³/mol. The van der Waals surface area contributed by atoms with Gasteiger partial charge in [-0.15, -0.1) is 0 Å². The standard InChI is InChI=1S/C14H19N3O4/c1-17(2)13(19)12(10-6-4-3-5-7-10)21-11(18)8-9-16-14(15)20/h3-7,12H,8-9H2,1-2H3,(H3,15,16,20)/t12-/m1/s1. The van der Waals surface area contributed by atoms with Crippen molar-refractivity contribution in [3.63, 3.8) is 0 Å². The number of primary amides is 1. The number of carbonyl (C=O) groups is 3. The first-order chi connectivity index (χ1) is 9.91. The van der Waals surface area contributed by atoms with Crippen LogP contribution in [0.15, 0.2) is 30.3 Å². The summed E-state index contributed by atoms with van der Waals surface area (Å²) in [6.07, 6.45) is -1.06. The third-order valence-corrected chi connectivity index (χ3v) is 2.65. The van der Waals surface area contributed by atoms with E-state index in [1.165, 1.54) is 4.90 Å². The molecule has 3 N–H and O–H groups in total. The van der Waals surface area contributed by atoms with E-state index >= 15 is 0 Å². The Morgan fingerprint density at radius 3 is 2.38 bits per heavy atom. The lowest BCUT2D eigenvalue weighted by Gasteiger charge is -2.21. The molecule has 0 fully saturated rings. The van der Waals surface area contributed by atoms with Gasteiger partial charge in [0.25, 0.3) is 5.91 Å². The molecule has 0 bridgehead atoms. The van der Waals surface area contributed by atoms with Gasteiger partial charge in [-0.25, -0.2) is 4.79 Å². The number of likely N-dealkylation sites (N-methyl/N-ethyl adjacent to an activating group) is 1. The van der Waals surface area contributed by atoms with Crippen molar-refractivity contribution in [3.05, 3.63) is 35.9 Å². The third kappa shape index (κ3) is 5.52. The van der Waals surface area contributed by atoms with Crippen molar-refractivity contribution in [2.24, 2.45) is 5.73 Å². The molecule has 0 aliphatic heterocycles.